The molecule has 0 aromatic heterocycles. The van der Waals surface area contributed by atoms with Gasteiger partial charge in [0, 0.05) is 7.11 Å². The zero-order valence-corrected chi connectivity index (χ0v) is 9.74. The zero-order valence-electron chi connectivity index (χ0n) is 9.74. The Balaban J connectivity index is 2.87. The fourth-order valence-corrected chi connectivity index (χ4v) is 1.82. The number of hydrogen-bond donors (Lipinski definition) is 2. The van der Waals surface area contributed by atoms with E-state index in [9.17, 15) is 4.39 Å². The van der Waals surface area contributed by atoms with Crippen LogP contribution in [-0.2, 0) is 4.74 Å². The first kappa shape index (κ1) is 13.1. The first-order chi connectivity index (χ1) is 7.72. The molecule has 2 atom stereocenters. The number of rotatable bonds is 6. The maximum Gasteiger partial charge on any atom is 0.123 e. The van der Waals surface area contributed by atoms with Crippen LogP contribution in [0.1, 0.15) is 31.4 Å². The summed E-state index contributed by atoms with van der Waals surface area (Å²) < 4.78 is 18.5. The lowest BCUT2D eigenvalue weighted by Gasteiger charge is -2.25. The van der Waals surface area contributed by atoms with Crippen LogP contribution in [0.2, 0.25) is 0 Å². The van der Waals surface area contributed by atoms with Crippen molar-refractivity contribution in [2.75, 3.05) is 7.11 Å². The minimum atomic E-state index is -0.260. The summed E-state index contributed by atoms with van der Waals surface area (Å²) in [7, 11) is 1.64. The van der Waals surface area contributed by atoms with Crippen LogP contribution in [0.5, 0.6) is 0 Å². The molecule has 0 aliphatic rings. The Kier molecular flexibility index (Phi) is 5.38. The van der Waals surface area contributed by atoms with Gasteiger partial charge in [-0.15, -0.1) is 0 Å². The third-order valence-corrected chi connectivity index (χ3v) is 2.64. The highest BCUT2D eigenvalue weighted by molar-refractivity contribution is 5.21. The van der Waals surface area contributed by atoms with Crippen molar-refractivity contribution in [2.24, 2.45) is 5.84 Å². The molecule has 0 saturated heterocycles. The fraction of sp³-hybridized carbons (Fsp3) is 0.500. The second-order valence-corrected chi connectivity index (χ2v) is 3.76. The Morgan fingerprint density at radius 1 is 1.50 bits per heavy atom. The maximum absolute atomic E-state index is 13.1. The molecule has 1 aromatic rings. The van der Waals surface area contributed by atoms with E-state index in [2.05, 4.69) is 12.3 Å². The van der Waals surface area contributed by atoms with Gasteiger partial charge in [0.2, 0.25) is 0 Å². The number of halogens is 1. The van der Waals surface area contributed by atoms with Gasteiger partial charge in [-0.1, -0.05) is 25.5 Å². The number of methoxy groups -OCH3 is 1. The van der Waals surface area contributed by atoms with E-state index in [0.29, 0.717) is 0 Å². The molecule has 90 valence electrons. The predicted molar refractivity (Wildman–Crippen MR) is 62.2 cm³/mol. The van der Waals surface area contributed by atoms with Crippen molar-refractivity contribution in [3.63, 3.8) is 0 Å². The minimum Gasteiger partial charge on any atom is -0.379 e. The average molecular weight is 226 g/mol. The van der Waals surface area contributed by atoms with Gasteiger partial charge >= 0.3 is 0 Å². The molecule has 0 bridgehead atoms. The number of nitrogens with two attached hydrogens (primary N) is 1. The summed E-state index contributed by atoms with van der Waals surface area (Å²) in [5, 5.41) is 0. The Bertz CT molecular complexity index is 320. The summed E-state index contributed by atoms with van der Waals surface area (Å²) in [4.78, 5) is 0. The maximum atomic E-state index is 13.1. The van der Waals surface area contributed by atoms with Gasteiger partial charge in [0.05, 0.1) is 12.1 Å². The van der Waals surface area contributed by atoms with Crippen LogP contribution in [-0.4, -0.2) is 13.2 Å². The SMILES string of the molecule is CCCC(OC)C(NN)c1cccc(F)c1. The number of benzene rings is 1. The van der Waals surface area contributed by atoms with Gasteiger partial charge in [-0.25, -0.2) is 4.39 Å². The summed E-state index contributed by atoms with van der Waals surface area (Å²) in [6.07, 6.45) is 1.82. The van der Waals surface area contributed by atoms with Crippen LogP contribution >= 0.6 is 0 Å². The lowest BCUT2D eigenvalue weighted by molar-refractivity contribution is 0.0605. The zero-order chi connectivity index (χ0) is 12.0. The molecule has 3 nitrogen and oxygen atoms in total. The Hall–Kier alpha value is -0.970. The predicted octanol–water partition coefficient (Wildman–Crippen LogP) is 2.15. The minimum absolute atomic E-state index is 0.0446. The highest BCUT2D eigenvalue weighted by atomic mass is 19.1. The monoisotopic (exact) mass is 226 g/mol. The van der Waals surface area contributed by atoms with Crippen molar-refractivity contribution < 1.29 is 9.13 Å². The largest absolute Gasteiger partial charge is 0.379 e. The van der Waals surface area contributed by atoms with E-state index in [0.717, 1.165) is 18.4 Å². The van der Waals surface area contributed by atoms with E-state index in [1.54, 1.807) is 13.2 Å². The van der Waals surface area contributed by atoms with Crippen molar-refractivity contribution >= 4 is 0 Å². The number of ether oxygens (including phenoxy) is 1. The number of hydrogen-bond acceptors (Lipinski definition) is 3. The van der Waals surface area contributed by atoms with Crippen LogP contribution in [0.4, 0.5) is 4.39 Å². The molecule has 0 amide bonds. The molecule has 2 unspecified atom stereocenters. The molecular weight excluding hydrogens is 207 g/mol. The summed E-state index contributed by atoms with van der Waals surface area (Å²) in [6, 6.07) is 6.23. The van der Waals surface area contributed by atoms with Crippen molar-refractivity contribution in [1.82, 2.24) is 5.43 Å². The normalized spacial score (nSPS) is 14.8. The third kappa shape index (κ3) is 3.27. The van der Waals surface area contributed by atoms with Crippen molar-refractivity contribution in [3.05, 3.63) is 35.6 Å². The average Bonchev–Trinajstić information content (AvgIpc) is 2.29. The Labute approximate surface area is 95.8 Å². The lowest BCUT2D eigenvalue weighted by Crippen LogP contribution is -2.37. The molecule has 0 radical (unpaired) electrons. The van der Waals surface area contributed by atoms with Crippen molar-refractivity contribution in [2.45, 2.75) is 31.9 Å². The van der Waals surface area contributed by atoms with Crippen LogP contribution in [0.15, 0.2) is 24.3 Å². The molecule has 0 saturated carbocycles. The molecule has 16 heavy (non-hydrogen) atoms. The van der Waals surface area contributed by atoms with Gasteiger partial charge < -0.3 is 4.74 Å². The summed E-state index contributed by atoms with van der Waals surface area (Å²) in [5.74, 6) is 5.25. The molecule has 0 aliphatic heterocycles. The van der Waals surface area contributed by atoms with Gasteiger partial charge in [0.1, 0.15) is 5.82 Å². The molecule has 0 spiro atoms. The smallest absolute Gasteiger partial charge is 0.123 e. The van der Waals surface area contributed by atoms with Gasteiger partial charge in [0.15, 0.2) is 0 Å². The van der Waals surface area contributed by atoms with Crippen LogP contribution in [0.25, 0.3) is 0 Å². The van der Waals surface area contributed by atoms with E-state index >= 15 is 0 Å². The fourth-order valence-electron chi connectivity index (χ4n) is 1.82. The van der Waals surface area contributed by atoms with Crippen LogP contribution < -0.4 is 11.3 Å². The van der Waals surface area contributed by atoms with Crippen molar-refractivity contribution in [3.8, 4) is 0 Å². The highest BCUT2D eigenvalue weighted by Crippen LogP contribution is 2.22. The van der Waals surface area contributed by atoms with Gasteiger partial charge in [-0.2, -0.15) is 0 Å². The second kappa shape index (κ2) is 6.58. The van der Waals surface area contributed by atoms with Gasteiger partial charge in [0.25, 0.3) is 0 Å². The Morgan fingerprint density at radius 2 is 2.25 bits per heavy atom. The molecular formula is C12H19FN2O. The topological polar surface area (TPSA) is 47.3 Å². The highest BCUT2D eigenvalue weighted by Gasteiger charge is 2.21. The first-order valence-electron chi connectivity index (χ1n) is 5.47. The second-order valence-electron chi connectivity index (χ2n) is 3.76. The van der Waals surface area contributed by atoms with Crippen molar-refractivity contribution in [1.29, 1.82) is 0 Å². The lowest BCUT2D eigenvalue weighted by atomic mass is 9.98. The number of hydrazine groups is 1. The van der Waals surface area contributed by atoms with Crippen LogP contribution in [0, 0.1) is 5.82 Å². The third-order valence-electron chi connectivity index (χ3n) is 2.64. The summed E-state index contributed by atoms with van der Waals surface area (Å²) in [6.45, 7) is 2.07. The molecule has 1 aromatic carbocycles. The number of nitrogens with one attached hydrogen (secondary N) is 1. The van der Waals surface area contributed by atoms with Gasteiger partial charge in [-0.3, -0.25) is 11.3 Å². The molecule has 1 rings (SSSR count). The van der Waals surface area contributed by atoms with Crippen LogP contribution in [0.3, 0.4) is 0 Å². The van der Waals surface area contributed by atoms with E-state index < -0.39 is 0 Å². The standard InChI is InChI=1S/C12H19FN2O/c1-3-5-11(16-2)12(15-14)9-6-4-7-10(13)8-9/h4,6-8,11-12,15H,3,5,14H2,1-2H3. The van der Waals surface area contributed by atoms with E-state index in [-0.39, 0.29) is 18.0 Å². The molecule has 0 heterocycles. The molecule has 3 N–H and O–H groups in total. The Morgan fingerprint density at radius 3 is 2.75 bits per heavy atom. The van der Waals surface area contributed by atoms with E-state index in [4.69, 9.17) is 10.6 Å². The summed E-state index contributed by atoms with van der Waals surface area (Å²) >= 11 is 0. The van der Waals surface area contributed by atoms with Gasteiger partial charge in [-0.05, 0) is 24.1 Å². The quantitative estimate of drug-likeness (QED) is 0.577. The van der Waals surface area contributed by atoms with E-state index in [1.807, 2.05) is 6.07 Å². The first-order valence-corrected chi connectivity index (χ1v) is 5.47. The molecule has 4 heteroatoms. The molecule has 0 aliphatic carbocycles. The van der Waals surface area contributed by atoms with E-state index in [1.165, 1.54) is 12.1 Å². The summed E-state index contributed by atoms with van der Waals surface area (Å²) in [5.41, 5.74) is 3.50. The molecule has 0 fully saturated rings.